The maximum atomic E-state index is 12.5. The summed E-state index contributed by atoms with van der Waals surface area (Å²) in [5, 5.41) is 15.3. The smallest absolute Gasteiger partial charge is 0.241 e. The minimum absolute atomic E-state index is 0.0698. The number of rotatable bonds is 6. The molecule has 0 radical (unpaired) electrons. The number of nitrogens with zero attached hydrogens (tertiary/aromatic N) is 2. The minimum Gasteiger partial charge on any atom is -0.504 e. The number of fused-ring (bicyclic) bond motifs is 3. The summed E-state index contributed by atoms with van der Waals surface area (Å²) in [6.07, 6.45) is 4.99. The van der Waals surface area contributed by atoms with E-state index in [-0.39, 0.29) is 11.7 Å². The summed E-state index contributed by atoms with van der Waals surface area (Å²) in [4.78, 5) is 12.5. The molecule has 0 atom stereocenters. The maximum Gasteiger partial charge on any atom is 0.241 e. The van der Waals surface area contributed by atoms with Crippen LogP contribution in [0.1, 0.15) is 43.0 Å². The summed E-state index contributed by atoms with van der Waals surface area (Å²) in [7, 11) is 1.50. The molecule has 6 nitrogen and oxygen atoms in total. The number of aryl methyl sites for hydroxylation is 2. The van der Waals surface area contributed by atoms with Crippen LogP contribution in [0.15, 0.2) is 47.6 Å². The van der Waals surface area contributed by atoms with E-state index in [4.69, 9.17) is 4.74 Å². The molecule has 1 amide bonds. The summed E-state index contributed by atoms with van der Waals surface area (Å²) in [6.45, 7) is 2.45. The Hall–Kier alpha value is -3.28. The van der Waals surface area contributed by atoms with Gasteiger partial charge in [0.15, 0.2) is 11.5 Å². The number of hydrogen-bond donors (Lipinski definition) is 2. The molecule has 0 fully saturated rings. The first kappa shape index (κ1) is 20.0. The van der Waals surface area contributed by atoms with Gasteiger partial charge in [-0.3, -0.25) is 4.79 Å². The second kappa shape index (κ2) is 8.61. The van der Waals surface area contributed by atoms with Crippen LogP contribution >= 0.6 is 0 Å². The second-order valence-corrected chi connectivity index (χ2v) is 7.67. The van der Waals surface area contributed by atoms with Gasteiger partial charge in [-0.05, 0) is 62.4 Å². The number of carbonyl (C=O) groups is 1. The fourth-order valence-electron chi connectivity index (χ4n) is 4.23. The monoisotopic (exact) mass is 405 g/mol. The lowest BCUT2D eigenvalue weighted by Crippen LogP contribution is -2.21. The lowest BCUT2D eigenvalue weighted by molar-refractivity contribution is -0.121. The van der Waals surface area contributed by atoms with Gasteiger partial charge < -0.3 is 14.4 Å². The first-order valence-electron chi connectivity index (χ1n) is 10.4. The predicted molar refractivity (Wildman–Crippen MR) is 118 cm³/mol. The van der Waals surface area contributed by atoms with Gasteiger partial charge in [0.2, 0.25) is 5.91 Å². The summed E-state index contributed by atoms with van der Waals surface area (Å²) in [5.41, 5.74) is 8.12. The molecule has 1 aliphatic rings. The molecular weight excluding hydrogens is 378 g/mol. The van der Waals surface area contributed by atoms with E-state index in [0.29, 0.717) is 24.4 Å². The third-order valence-corrected chi connectivity index (χ3v) is 5.79. The van der Waals surface area contributed by atoms with Crippen LogP contribution in [-0.2, 0) is 24.2 Å². The van der Waals surface area contributed by atoms with Gasteiger partial charge in [0, 0.05) is 35.1 Å². The van der Waals surface area contributed by atoms with Crippen molar-refractivity contribution in [2.45, 2.75) is 45.6 Å². The fourth-order valence-corrected chi connectivity index (χ4v) is 4.23. The van der Waals surface area contributed by atoms with Crippen LogP contribution < -0.4 is 10.2 Å². The first-order valence-corrected chi connectivity index (χ1v) is 10.4. The molecule has 0 unspecified atom stereocenters. The van der Waals surface area contributed by atoms with Crippen molar-refractivity contribution in [3.8, 4) is 11.5 Å². The number of hydrogen-bond acceptors (Lipinski definition) is 4. The van der Waals surface area contributed by atoms with Gasteiger partial charge in [-0.2, -0.15) is 5.10 Å². The van der Waals surface area contributed by atoms with E-state index >= 15 is 0 Å². The number of benzene rings is 2. The lowest BCUT2D eigenvalue weighted by Gasteiger charge is -2.15. The van der Waals surface area contributed by atoms with E-state index in [9.17, 15) is 9.90 Å². The highest BCUT2D eigenvalue weighted by Crippen LogP contribution is 2.32. The first-order chi connectivity index (χ1) is 14.6. The van der Waals surface area contributed by atoms with Crippen LogP contribution in [0.3, 0.4) is 0 Å². The van der Waals surface area contributed by atoms with Gasteiger partial charge in [0.1, 0.15) is 0 Å². The Bertz CT molecular complexity index is 1110. The van der Waals surface area contributed by atoms with Crippen molar-refractivity contribution in [2.24, 2.45) is 5.10 Å². The van der Waals surface area contributed by atoms with Gasteiger partial charge in [-0.25, -0.2) is 5.43 Å². The number of phenols is 1. The van der Waals surface area contributed by atoms with Crippen LogP contribution in [0.4, 0.5) is 0 Å². The molecule has 6 heteroatoms. The number of para-hydroxylation sites is 1. The van der Waals surface area contributed by atoms with Gasteiger partial charge in [0.25, 0.3) is 0 Å². The Labute approximate surface area is 176 Å². The number of hydrazone groups is 1. The Morgan fingerprint density at radius 2 is 2.00 bits per heavy atom. The summed E-state index contributed by atoms with van der Waals surface area (Å²) >= 11 is 0. The molecule has 1 heterocycles. The molecule has 156 valence electrons. The standard InChI is InChI=1S/C24H27N3O3/c1-16(17-11-12-22(28)23(15-17)30-2)25-26-24(29)13-14-27-20-9-5-3-7-18(20)19-8-4-6-10-21(19)27/h3,5,7,9,11-12,15,28H,4,6,8,10,13-14H2,1-2H3,(H,26,29). The molecule has 30 heavy (non-hydrogen) atoms. The number of methoxy groups -OCH3 is 1. The van der Waals surface area contributed by atoms with Crippen molar-refractivity contribution in [3.63, 3.8) is 0 Å². The zero-order chi connectivity index (χ0) is 21.1. The second-order valence-electron chi connectivity index (χ2n) is 7.67. The average molecular weight is 405 g/mol. The highest BCUT2D eigenvalue weighted by atomic mass is 16.5. The molecule has 0 saturated heterocycles. The van der Waals surface area contributed by atoms with Crippen molar-refractivity contribution >= 4 is 22.5 Å². The summed E-state index contributed by atoms with van der Waals surface area (Å²) in [5.74, 6) is 0.320. The minimum atomic E-state index is -0.123. The number of amides is 1. The van der Waals surface area contributed by atoms with Crippen molar-refractivity contribution in [2.75, 3.05) is 7.11 Å². The molecule has 4 rings (SSSR count). The topological polar surface area (TPSA) is 75.8 Å². The van der Waals surface area contributed by atoms with Gasteiger partial charge in [-0.1, -0.05) is 18.2 Å². The Kier molecular flexibility index (Phi) is 5.74. The third kappa shape index (κ3) is 3.90. The molecule has 0 bridgehead atoms. The molecular formula is C24H27N3O3. The van der Waals surface area contributed by atoms with Crippen molar-refractivity contribution in [3.05, 3.63) is 59.3 Å². The highest BCUT2D eigenvalue weighted by molar-refractivity contribution is 5.99. The van der Waals surface area contributed by atoms with Crippen molar-refractivity contribution < 1.29 is 14.6 Å². The van der Waals surface area contributed by atoms with Crippen LogP contribution in [0.5, 0.6) is 11.5 Å². The summed E-state index contributed by atoms with van der Waals surface area (Å²) < 4.78 is 7.44. The Morgan fingerprint density at radius 1 is 1.20 bits per heavy atom. The van der Waals surface area contributed by atoms with Crippen LogP contribution in [0.2, 0.25) is 0 Å². The highest BCUT2D eigenvalue weighted by Gasteiger charge is 2.19. The van der Waals surface area contributed by atoms with Gasteiger partial charge in [0.05, 0.1) is 12.8 Å². The van der Waals surface area contributed by atoms with E-state index in [1.807, 2.05) is 6.92 Å². The molecule has 2 N–H and O–H groups in total. The zero-order valence-electron chi connectivity index (χ0n) is 17.4. The number of phenolic OH excluding ortho intramolecular Hbond substituents is 1. The predicted octanol–water partition coefficient (Wildman–Crippen LogP) is 4.16. The number of ether oxygens (including phenoxy) is 1. The Balaban J connectivity index is 1.45. The quantitative estimate of drug-likeness (QED) is 0.477. The van der Waals surface area contributed by atoms with Crippen LogP contribution in [0.25, 0.3) is 10.9 Å². The normalized spacial score (nSPS) is 13.9. The van der Waals surface area contributed by atoms with E-state index in [2.05, 4.69) is 39.4 Å². The molecule has 2 aromatic carbocycles. The van der Waals surface area contributed by atoms with E-state index in [1.54, 1.807) is 18.2 Å². The molecule has 3 aromatic rings. The van der Waals surface area contributed by atoms with Crippen molar-refractivity contribution in [1.82, 2.24) is 9.99 Å². The number of aromatic nitrogens is 1. The third-order valence-electron chi connectivity index (χ3n) is 5.79. The Morgan fingerprint density at radius 3 is 2.83 bits per heavy atom. The maximum absolute atomic E-state index is 12.5. The molecule has 0 saturated carbocycles. The number of carbonyl (C=O) groups excluding carboxylic acids is 1. The van der Waals surface area contributed by atoms with Crippen LogP contribution in [0, 0.1) is 0 Å². The zero-order valence-corrected chi connectivity index (χ0v) is 17.4. The molecule has 1 aliphatic carbocycles. The van der Waals surface area contributed by atoms with Crippen molar-refractivity contribution in [1.29, 1.82) is 0 Å². The van der Waals surface area contributed by atoms with Crippen LogP contribution in [-0.4, -0.2) is 28.4 Å². The van der Waals surface area contributed by atoms with Gasteiger partial charge >= 0.3 is 0 Å². The lowest BCUT2D eigenvalue weighted by atomic mass is 9.95. The average Bonchev–Trinajstić information content (AvgIpc) is 3.10. The largest absolute Gasteiger partial charge is 0.504 e. The van der Waals surface area contributed by atoms with Gasteiger partial charge in [-0.15, -0.1) is 0 Å². The number of nitrogens with one attached hydrogen (secondary N) is 1. The van der Waals surface area contributed by atoms with E-state index < -0.39 is 0 Å². The SMILES string of the molecule is COc1cc(C(C)=NNC(=O)CCn2c3c(c4ccccc42)CCCC3)ccc1O. The molecule has 0 aliphatic heterocycles. The summed E-state index contributed by atoms with van der Waals surface area (Å²) in [6, 6.07) is 13.5. The fraction of sp³-hybridized carbons (Fsp3) is 0.333. The number of aromatic hydroxyl groups is 1. The van der Waals surface area contributed by atoms with E-state index in [1.165, 1.54) is 42.1 Å². The molecule has 0 spiro atoms. The van der Waals surface area contributed by atoms with E-state index in [0.717, 1.165) is 18.4 Å². The molecule has 1 aromatic heterocycles.